The molecule has 0 bridgehead atoms. The number of amides is 2. The first-order chi connectivity index (χ1) is 13.9. The van der Waals surface area contributed by atoms with Gasteiger partial charge in [-0.25, -0.2) is 0 Å². The van der Waals surface area contributed by atoms with Crippen molar-refractivity contribution in [2.24, 2.45) is 0 Å². The number of rotatable bonds is 0. The lowest BCUT2D eigenvalue weighted by Gasteiger charge is -2.20. The molecule has 2 heterocycles. The van der Waals surface area contributed by atoms with Gasteiger partial charge in [0, 0.05) is 0 Å². The van der Waals surface area contributed by atoms with E-state index in [2.05, 4.69) is 10.6 Å². The summed E-state index contributed by atoms with van der Waals surface area (Å²) in [4.78, 5) is 21.9. The van der Waals surface area contributed by atoms with Gasteiger partial charge < -0.3 is 20.1 Å². The van der Waals surface area contributed by atoms with Gasteiger partial charge in [0.05, 0.1) is 11.4 Å². The monoisotopic (exact) mass is 400 g/mol. The Labute approximate surface area is 173 Å². The molecule has 2 amide bonds. The summed E-state index contributed by atoms with van der Waals surface area (Å²) in [6, 6.07) is 9.63. The van der Waals surface area contributed by atoms with Crippen molar-refractivity contribution in [3.63, 3.8) is 0 Å². The Morgan fingerprint density at radius 2 is 1.24 bits per heavy atom. The van der Waals surface area contributed by atoms with Crippen LogP contribution in [0.25, 0.3) is 0 Å². The number of hydrogen-bond donors (Lipinski definition) is 2. The van der Waals surface area contributed by atoms with Crippen LogP contribution in [0.2, 0.25) is 0 Å². The number of fused-ring (bicyclic) bond motifs is 2. The van der Waals surface area contributed by atoms with Crippen molar-refractivity contribution in [3.8, 4) is 11.5 Å². The Bertz CT molecular complexity index is 847. The number of carbonyl (C=O) groups is 2. The highest BCUT2D eigenvalue weighted by molar-refractivity contribution is 5.96. The average Bonchev–Trinajstić information content (AvgIpc) is 2.71. The third kappa shape index (κ3) is 6.52. The number of aryl methyl sites for hydroxylation is 3. The first-order valence-corrected chi connectivity index (χ1v) is 10.00. The first kappa shape index (κ1) is 24.0. The van der Waals surface area contributed by atoms with Gasteiger partial charge in [0.1, 0.15) is 11.5 Å². The summed E-state index contributed by atoms with van der Waals surface area (Å²) in [5, 5.41) is 5.51. The number of nitrogens with one attached hydrogen (secondary N) is 2. The number of benzene rings is 2. The zero-order valence-electron chi connectivity index (χ0n) is 18.4. The van der Waals surface area contributed by atoms with E-state index in [1.807, 2.05) is 78.8 Å². The Morgan fingerprint density at radius 1 is 0.724 bits per heavy atom. The predicted molar refractivity (Wildman–Crippen MR) is 118 cm³/mol. The highest BCUT2D eigenvalue weighted by Gasteiger charge is 2.18. The normalized spacial score (nSPS) is 12.9. The van der Waals surface area contributed by atoms with Crippen molar-refractivity contribution >= 4 is 23.2 Å². The lowest BCUT2D eigenvalue weighted by Crippen LogP contribution is -2.25. The van der Waals surface area contributed by atoms with Gasteiger partial charge in [-0.05, 0) is 49.6 Å². The summed E-state index contributed by atoms with van der Waals surface area (Å²) < 4.78 is 10.6. The van der Waals surface area contributed by atoms with Crippen LogP contribution in [0.4, 0.5) is 11.4 Å². The zero-order chi connectivity index (χ0) is 22.0. The minimum atomic E-state index is -0.0897. The second-order valence-corrected chi connectivity index (χ2v) is 6.08. The number of carbonyl (C=O) groups excluding carboxylic acids is 2. The standard InChI is InChI=1S/C10H11NO2.C9H9NO2.2C2H6/c1-6-3-7(2)10-8(4-6)11-9(12)5-13-10;1-6-3-2-4-7-9(6)12-5-8(11)10-7;2*1-2/h3-4H,5H2,1-2H3,(H,11,12);2-4H,5H2,1H3,(H,10,11);2*1-2H3. The second kappa shape index (κ2) is 11.7. The molecule has 2 aromatic carbocycles. The molecule has 0 spiro atoms. The Morgan fingerprint density at radius 3 is 1.83 bits per heavy atom. The molecule has 0 fully saturated rings. The molecule has 0 saturated heterocycles. The van der Waals surface area contributed by atoms with Crippen LogP contribution in [0.3, 0.4) is 0 Å². The van der Waals surface area contributed by atoms with Crippen molar-refractivity contribution in [2.75, 3.05) is 23.8 Å². The fourth-order valence-corrected chi connectivity index (χ4v) is 2.83. The molecule has 158 valence electrons. The molecule has 0 atom stereocenters. The number of anilines is 2. The topological polar surface area (TPSA) is 76.7 Å². The van der Waals surface area contributed by atoms with Crippen LogP contribution in [0.15, 0.2) is 30.3 Å². The molecule has 0 saturated carbocycles. The third-order valence-corrected chi connectivity index (χ3v) is 3.87. The van der Waals surface area contributed by atoms with Gasteiger partial charge in [0.2, 0.25) is 0 Å². The molecular formula is C23H32N2O4. The summed E-state index contributed by atoms with van der Waals surface area (Å²) in [6.07, 6.45) is 0. The van der Waals surface area contributed by atoms with E-state index >= 15 is 0 Å². The molecule has 0 radical (unpaired) electrons. The van der Waals surface area contributed by atoms with Gasteiger partial charge in [-0.15, -0.1) is 0 Å². The zero-order valence-corrected chi connectivity index (χ0v) is 18.4. The van der Waals surface area contributed by atoms with E-state index in [0.29, 0.717) is 0 Å². The molecule has 6 heteroatoms. The van der Waals surface area contributed by atoms with Crippen LogP contribution < -0.4 is 20.1 Å². The van der Waals surface area contributed by atoms with Gasteiger partial charge >= 0.3 is 0 Å². The van der Waals surface area contributed by atoms with Crippen molar-refractivity contribution in [1.82, 2.24) is 0 Å². The fourth-order valence-electron chi connectivity index (χ4n) is 2.83. The Balaban J connectivity index is 0.000000248. The van der Waals surface area contributed by atoms with Gasteiger partial charge in [-0.1, -0.05) is 45.9 Å². The van der Waals surface area contributed by atoms with E-state index in [1.54, 1.807) is 0 Å². The van der Waals surface area contributed by atoms with E-state index in [0.717, 1.165) is 39.6 Å². The average molecular weight is 401 g/mol. The van der Waals surface area contributed by atoms with Crippen LogP contribution in [0.1, 0.15) is 44.4 Å². The largest absolute Gasteiger partial charge is 0.481 e. The molecule has 0 aromatic heterocycles. The molecule has 0 unspecified atom stereocenters. The smallest absolute Gasteiger partial charge is 0.262 e. The van der Waals surface area contributed by atoms with E-state index in [-0.39, 0.29) is 25.0 Å². The minimum Gasteiger partial charge on any atom is -0.481 e. The van der Waals surface area contributed by atoms with Crippen LogP contribution in [-0.2, 0) is 9.59 Å². The van der Waals surface area contributed by atoms with E-state index in [1.165, 1.54) is 0 Å². The van der Waals surface area contributed by atoms with Crippen LogP contribution >= 0.6 is 0 Å². The molecule has 4 rings (SSSR count). The van der Waals surface area contributed by atoms with Crippen LogP contribution in [0.5, 0.6) is 11.5 Å². The van der Waals surface area contributed by atoms with E-state index < -0.39 is 0 Å². The maximum absolute atomic E-state index is 11.0. The summed E-state index contributed by atoms with van der Waals surface area (Å²) >= 11 is 0. The van der Waals surface area contributed by atoms with Crippen molar-refractivity contribution in [2.45, 2.75) is 48.5 Å². The lowest BCUT2D eigenvalue weighted by atomic mass is 10.1. The number of ether oxygens (including phenoxy) is 2. The molecule has 2 aromatic rings. The highest BCUT2D eigenvalue weighted by atomic mass is 16.5. The maximum Gasteiger partial charge on any atom is 0.262 e. The number of hydrogen-bond acceptors (Lipinski definition) is 4. The molecular weight excluding hydrogens is 368 g/mol. The van der Waals surface area contributed by atoms with Crippen LogP contribution in [0, 0.1) is 20.8 Å². The van der Waals surface area contributed by atoms with Gasteiger partial charge in [-0.3, -0.25) is 9.59 Å². The highest BCUT2D eigenvalue weighted by Crippen LogP contribution is 2.32. The van der Waals surface area contributed by atoms with Crippen LogP contribution in [-0.4, -0.2) is 25.0 Å². The fraction of sp³-hybridized carbons (Fsp3) is 0.391. The van der Waals surface area contributed by atoms with Crippen molar-refractivity contribution < 1.29 is 19.1 Å². The van der Waals surface area contributed by atoms with Gasteiger partial charge in [-0.2, -0.15) is 0 Å². The molecule has 2 N–H and O–H groups in total. The van der Waals surface area contributed by atoms with Crippen molar-refractivity contribution in [1.29, 1.82) is 0 Å². The molecule has 29 heavy (non-hydrogen) atoms. The Hall–Kier alpha value is -3.02. The van der Waals surface area contributed by atoms with Gasteiger partial charge in [0.25, 0.3) is 11.8 Å². The second-order valence-electron chi connectivity index (χ2n) is 6.08. The lowest BCUT2D eigenvalue weighted by molar-refractivity contribution is -0.119. The predicted octanol–water partition coefficient (Wildman–Crippen LogP) is 5.01. The number of para-hydroxylation sites is 1. The third-order valence-electron chi connectivity index (χ3n) is 3.87. The summed E-state index contributed by atoms with van der Waals surface area (Å²) in [6.45, 7) is 14.2. The summed E-state index contributed by atoms with van der Waals surface area (Å²) in [5.41, 5.74) is 4.80. The quantitative estimate of drug-likeness (QED) is 0.651. The molecule has 2 aliphatic heterocycles. The molecule has 6 nitrogen and oxygen atoms in total. The van der Waals surface area contributed by atoms with E-state index in [4.69, 9.17) is 9.47 Å². The van der Waals surface area contributed by atoms with Gasteiger partial charge in [0.15, 0.2) is 13.2 Å². The summed E-state index contributed by atoms with van der Waals surface area (Å²) in [7, 11) is 0. The summed E-state index contributed by atoms with van der Waals surface area (Å²) in [5.74, 6) is 1.41. The van der Waals surface area contributed by atoms with Crippen molar-refractivity contribution in [3.05, 3.63) is 47.0 Å². The maximum atomic E-state index is 11.0. The molecule has 0 aliphatic carbocycles. The minimum absolute atomic E-state index is 0.0856. The molecule has 2 aliphatic rings. The first-order valence-electron chi connectivity index (χ1n) is 10.00. The SMILES string of the molecule is CC.CC.Cc1cc(C)c2c(c1)NC(=O)CO2.Cc1cccc2c1OCC(=O)N2. The van der Waals surface area contributed by atoms with E-state index in [9.17, 15) is 9.59 Å². The Kier molecular flexibility index (Phi) is 9.72.